The normalized spacial score (nSPS) is 13.1. The lowest BCUT2D eigenvalue weighted by atomic mass is 10.2. The SMILES string of the molecule is COc1ccc(CN(C(=O)CNC(=O)c2ccc(F)cc2F)C2CC2)cc1. The van der Waals surface area contributed by atoms with E-state index in [0.717, 1.165) is 36.3 Å². The van der Waals surface area contributed by atoms with Crippen LogP contribution in [0.2, 0.25) is 0 Å². The minimum atomic E-state index is -0.961. The van der Waals surface area contributed by atoms with Crippen LogP contribution in [-0.4, -0.2) is 36.4 Å². The van der Waals surface area contributed by atoms with Crippen LogP contribution in [0.1, 0.15) is 28.8 Å². The molecular formula is C20H20F2N2O3. The van der Waals surface area contributed by atoms with Gasteiger partial charge < -0.3 is 15.0 Å². The predicted octanol–water partition coefficient (Wildman–Crippen LogP) is 2.89. The molecule has 0 unspecified atom stereocenters. The fourth-order valence-corrected chi connectivity index (χ4v) is 2.76. The molecule has 1 aliphatic carbocycles. The van der Waals surface area contributed by atoms with E-state index < -0.39 is 17.5 Å². The van der Waals surface area contributed by atoms with Crippen LogP contribution in [0.4, 0.5) is 8.78 Å². The van der Waals surface area contributed by atoms with Gasteiger partial charge in [-0.2, -0.15) is 0 Å². The molecule has 2 aromatic rings. The maximum absolute atomic E-state index is 13.7. The molecule has 0 bridgehead atoms. The minimum absolute atomic E-state index is 0.152. The van der Waals surface area contributed by atoms with Gasteiger partial charge in [0.05, 0.1) is 19.2 Å². The molecule has 3 rings (SSSR count). The fourth-order valence-electron chi connectivity index (χ4n) is 2.76. The molecule has 0 saturated heterocycles. The molecule has 2 amide bonds. The van der Waals surface area contributed by atoms with Gasteiger partial charge in [-0.25, -0.2) is 8.78 Å². The summed E-state index contributed by atoms with van der Waals surface area (Å²) in [6.07, 6.45) is 1.84. The van der Waals surface area contributed by atoms with Crippen LogP contribution in [0.5, 0.6) is 5.75 Å². The van der Waals surface area contributed by atoms with Gasteiger partial charge in [0.1, 0.15) is 17.4 Å². The van der Waals surface area contributed by atoms with Gasteiger partial charge >= 0.3 is 0 Å². The molecule has 2 aromatic carbocycles. The van der Waals surface area contributed by atoms with Crippen molar-refractivity contribution >= 4 is 11.8 Å². The highest BCUT2D eigenvalue weighted by atomic mass is 19.1. The second kappa shape index (κ2) is 8.16. The third kappa shape index (κ3) is 4.81. The number of rotatable bonds is 7. The third-order valence-electron chi connectivity index (χ3n) is 4.40. The van der Waals surface area contributed by atoms with E-state index in [2.05, 4.69) is 5.32 Å². The van der Waals surface area contributed by atoms with Crippen molar-refractivity contribution in [3.05, 3.63) is 65.2 Å². The van der Waals surface area contributed by atoms with Gasteiger partial charge in [-0.05, 0) is 42.7 Å². The molecule has 0 spiro atoms. The number of hydrogen-bond donors (Lipinski definition) is 1. The topological polar surface area (TPSA) is 58.6 Å². The highest BCUT2D eigenvalue weighted by Crippen LogP contribution is 2.28. The van der Waals surface area contributed by atoms with Crippen molar-refractivity contribution in [1.29, 1.82) is 0 Å². The zero-order valence-corrected chi connectivity index (χ0v) is 14.9. The first-order valence-electron chi connectivity index (χ1n) is 8.63. The first-order valence-corrected chi connectivity index (χ1v) is 8.63. The number of amides is 2. The average molecular weight is 374 g/mol. The summed E-state index contributed by atoms with van der Waals surface area (Å²) in [5.41, 5.74) is 0.657. The van der Waals surface area contributed by atoms with Gasteiger partial charge in [0, 0.05) is 18.7 Å². The van der Waals surface area contributed by atoms with E-state index >= 15 is 0 Å². The van der Waals surface area contributed by atoms with E-state index in [9.17, 15) is 18.4 Å². The van der Waals surface area contributed by atoms with Crippen molar-refractivity contribution in [2.24, 2.45) is 0 Å². The van der Waals surface area contributed by atoms with Crippen molar-refractivity contribution in [2.75, 3.05) is 13.7 Å². The third-order valence-corrected chi connectivity index (χ3v) is 4.40. The molecule has 7 heteroatoms. The van der Waals surface area contributed by atoms with Crippen molar-refractivity contribution in [3.8, 4) is 5.75 Å². The molecule has 142 valence electrons. The number of hydrogen-bond acceptors (Lipinski definition) is 3. The van der Waals surface area contributed by atoms with Crippen LogP contribution in [0.3, 0.4) is 0 Å². The van der Waals surface area contributed by atoms with Gasteiger partial charge in [0.2, 0.25) is 5.91 Å². The predicted molar refractivity (Wildman–Crippen MR) is 95.3 cm³/mol. The van der Waals surface area contributed by atoms with Crippen LogP contribution in [0, 0.1) is 11.6 Å². The lowest BCUT2D eigenvalue weighted by Crippen LogP contribution is -2.41. The summed E-state index contributed by atoms with van der Waals surface area (Å²) in [6, 6.07) is 10.3. The lowest BCUT2D eigenvalue weighted by Gasteiger charge is -2.23. The van der Waals surface area contributed by atoms with Crippen molar-refractivity contribution in [3.63, 3.8) is 0 Å². The quantitative estimate of drug-likeness (QED) is 0.811. The van der Waals surface area contributed by atoms with Crippen LogP contribution in [0.25, 0.3) is 0 Å². The van der Waals surface area contributed by atoms with Crippen LogP contribution >= 0.6 is 0 Å². The van der Waals surface area contributed by atoms with Gasteiger partial charge in [-0.3, -0.25) is 9.59 Å². The Morgan fingerprint density at radius 2 is 1.85 bits per heavy atom. The first-order chi connectivity index (χ1) is 13.0. The molecule has 0 radical (unpaired) electrons. The second-order valence-corrected chi connectivity index (χ2v) is 6.41. The van der Waals surface area contributed by atoms with Crippen LogP contribution < -0.4 is 10.1 Å². The molecule has 0 aromatic heterocycles. The molecule has 27 heavy (non-hydrogen) atoms. The van der Waals surface area contributed by atoms with Crippen molar-refractivity contribution in [2.45, 2.75) is 25.4 Å². The van der Waals surface area contributed by atoms with E-state index in [4.69, 9.17) is 4.74 Å². The van der Waals surface area contributed by atoms with Gasteiger partial charge in [-0.15, -0.1) is 0 Å². The molecule has 1 fully saturated rings. The molecule has 1 N–H and O–H groups in total. The largest absolute Gasteiger partial charge is 0.497 e. The highest BCUT2D eigenvalue weighted by Gasteiger charge is 2.32. The number of nitrogens with one attached hydrogen (secondary N) is 1. The van der Waals surface area contributed by atoms with E-state index in [-0.39, 0.29) is 24.1 Å². The second-order valence-electron chi connectivity index (χ2n) is 6.41. The summed E-state index contributed by atoms with van der Waals surface area (Å²) in [5, 5.41) is 2.41. The molecule has 1 aliphatic rings. The van der Waals surface area contributed by atoms with Crippen molar-refractivity contribution < 1.29 is 23.1 Å². The van der Waals surface area contributed by atoms with E-state index in [1.54, 1.807) is 12.0 Å². The van der Waals surface area contributed by atoms with Gasteiger partial charge in [0.25, 0.3) is 5.91 Å². The van der Waals surface area contributed by atoms with Crippen LogP contribution in [0.15, 0.2) is 42.5 Å². The average Bonchev–Trinajstić information content (AvgIpc) is 3.49. The smallest absolute Gasteiger partial charge is 0.254 e. The Labute approximate surface area is 155 Å². The fraction of sp³-hybridized carbons (Fsp3) is 0.300. The summed E-state index contributed by atoms with van der Waals surface area (Å²) in [7, 11) is 1.58. The molecule has 5 nitrogen and oxygen atoms in total. The number of carbonyl (C=O) groups is 2. The summed E-state index contributed by atoms with van der Waals surface area (Å²) in [4.78, 5) is 26.3. The molecule has 0 aliphatic heterocycles. The number of carbonyl (C=O) groups excluding carboxylic acids is 2. The number of ether oxygens (including phenoxy) is 1. The zero-order chi connectivity index (χ0) is 19.4. The van der Waals surface area contributed by atoms with E-state index in [0.29, 0.717) is 12.6 Å². The Bertz CT molecular complexity index is 836. The Morgan fingerprint density at radius 1 is 1.15 bits per heavy atom. The summed E-state index contributed by atoms with van der Waals surface area (Å²) in [5.74, 6) is -1.99. The summed E-state index contributed by atoms with van der Waals surface area (Å²) >= 11 is 0. The Kier molecular flexibility index (Phi) is 5.69. The molecule has 1 saturated carbocycles. The standard InChI is InChI=1S/C20H20F2N2O3/c1-27-16-7-2-13(3-8-16)12-24(15-5-6-15)19(25)11-23-20(26)17-9-4-14(21)10-18(17)22/h2-4,7-10,15H,5-6,11-12H2,1H3,(H,23,26). The first kappa shape index (κ1) is 18.8. The van der Waals surface area contributed by atoms with Crippen LogP contribution in [-0.2, 0) is 11.3 Å². The van der Waals surface area contributed by atoms with E-state index in [1.807, 2.05) is 24.3 Å². The summed E-state index contributed by atoms with van der Waals surface area (Å²) < 4.78 is 31.7. The maximum atomic E-state index is 13.7. The van der Waals surface area contributed by atoms with E-state index in [1.165, 1.54) is 0 Å². The monoisotopic (exact) mass is 374 g/mol. The minimum Gasteiger partial charge on any atom is -0.497 e. The maximum Gasteiger partial charge on any atom is 0.254 e. The summed E-state index contributed by atoms with van der Waals surface area (Å²) in [6.45, 7) is 0.177. The number of benzene rings is 2. The van der Waals surface area contributed by atoms with Gasteiger partial charge in [0.15, 0.2) is 0 Å². The lowest BCUT2D eigenvalue weighted by molar-refractivity contribution is -0.131. The Balaban J connectivity index is 1.60. The zero-order valence-electron chi connectivity index (χ0n) is 14.9. The highest BCUT2D eigenvalue weighted by molar-refractivity contribution is 5.96. The number of halogens is 2. The molecule has 0 heterocycles. The Morgan fingerprint density at radius 3 is 2.44 bits per heavy atom. The van der Waals surface area contributed by atoms with Crippen molar-refractivity contribution in [1.82, 2.24) is 10.2 Å². The van der Waals surface area contributed by atoms with Gasteiger partial charge in [-0.1, -0.05) is 12.1 Å². The number of nitrogens with zero attached hydrogens (tertiary/aromatic N) is 1. The Hall–Kier alpha value is -2.96. The molecular weight excluding hydrogens is 354 g/mol. The number of methoxy groups -OCH3 is 1. The molecule has 0 atom stereocenters.